The Morgan fingerprint density at radius 2 is 1.08 bits per heavy atom. The fraction of sp³-hybridized carbons (Fsp3) is 0.0294. The second-order valence-corrected chi connectivity index (χ2v) is 12.5. The lowest BCUT2D eigenvalue weighted by molar-refractivity contribution is 0.569. The Bertz CT molecular complexity index is 1450. The van der Waals surface area contributed by atoms with Crippen molar-refractivity contribution in [2.24, 2.45) is 0 Å². The van der Waals surface area contributed by atoms with E-state index in [1.807, 2.05) is 0 Å². The summed E-state index contributed by atoms with van der Waals surface area (Å²) >= 11 is 5.65. The summed E-state index contributed by atoms with van der Waals surface area (Å²) in [4.78, 5) is 10.2. The van der Waals surface area contributed by atoms with E-state index in [0.717, 1.165) is 6.16 Å². The first-order chi connectivity index (χ1) is 18.7. The second-order valence-electron chi connectivity index (χ2n) is 8.56. The third-order valence-electron chi connectivity index (χ3n) is 6.18. The number of carbonyl (C=O) groups excluding carboxylic acids is 1. The van der Waals surface area contributed by atoms with E-state index in [0.29, 0.717) is 10.6 Å². The minimum absolute atomic E-state index is 0.0301. The van der Waals surface area contributed by atoms with Crippen molar-refractivity contribution in [3.63, 3.8) is 0 Å². The van der Waals surface area contributed by atoms with Crippen molar-refractivity contribution in [2.75, 3.05) is 0 Å². The van der Waals surface area contributed by atoms with E-state index in [-0.39, 0.29) is 5.57 Å². The topological polar surface area (TPSA) is 40.9 Å². The van der Waals surface area contributed by atoms with Crippen molar-refractivity contribution in [2.45, 2.75) is 6.16 Å². The zero-order valence-corrected chi connectivity index (χ0v) is 22.4. The molecular formula is C34H26ClNOP+. The van der Waals surface area contributed by atoms with Crippen molar-refractivity contribution in [3.05, 3.63) is 162 Å². The molecule has 0 saturated heterocycles. The SMILES string of the molecule is N#CC(=C=O)c1cccc(Cl)c1.c1ccc(C[P+](c2ccccc2)(c2ccccc2)c2ccccc2)cc1. The molecule has 4 heteroatoms. The van der Waals surface area contributed by atoms with Crippen LogP contribution in [-0.4, -0.2) is 5.94 Å². The summed E-state index contributed by atoms with van der Waals surface area (Å²) in [6.07, 6.45) is 1.03. The Balaban J connectivity index is 0.000000236. The molecule has 5 rings (SSSR count). The van der Waals surface area contributed by atoms with Crippen LogP contribution < -0.4 is 15.9 Å². The zero-order chi connectivity index (χ0) is 26.6. The molecule has 2 nitrogen and oxygen atoms in total. The first-order valence-corrected chi connectivity index (χ1v) is 14.5. The summed E-state index contributed by atoms with van der Waals surface area (Å²) in [5, 5.41) is 13.3. The van der Waals surface area contributed by atoms with Gasteiger partial charge in [0.2, 0.25) is 0 Å². The molecule has 38 heavy (non-hydrogen) atoms. The fourth-order valence-corrected chi connectivity index (χ4v) is 8.85. The number of allylic oxidation sites excluding steroid dienone is 1. The molecule has 0 N–H and O–H groups in total. The Kier molecular flexibility index (Phi) is 9.42. The Morgan fingerprint density at radius 1 is 0.632 bits per heavy atom. The van der Waals surface area contributed by atoms with Crippen LogP contribution in [0.1, 0.15) is 11.1 Å². The molecule has 0 spiro atoms. The highest BCUT2D eigenvalue weighted by atomic mass is 35.5. The molecule has 0 aliphatic heterocycles. The van der Waals surface area contributed by atoms with Crippen LogP contribution in [-0.2, 0) is 11.0 Å². The van der Waals surface area contributed by atoms with Gasteiger partial charge in [0.1, 0.15) is 40.8 Å². The maximum Gasteiger partial charge on any atom is 0.144 e. The summed E-state index contributed by atoms with van der Waals surface area (Å²) in [7, 11) is -1.78. The Morgan fingerprint density at radius 3 is 1.47 bits per heavy atom. The summed E-state index contributed by atoms with van der Waals surface area (Å²) in [5.74, 6) is 1.54. The fourth-order valence-electron chi connectivity index (χ4n) is 4.42. The van der Waals surface area contributed by atoms with E-state index in [9.17, 15) is 4.79 Å². The summed E-state index contributed by atoms with van der Waals surface area (Å²) in [5.41, 5.74) is 1.86. The largest absolute Gasteiger partial charge is 0.232 e. The molecule has 0 aromatic heterocycles. The van der Waals surface area contributed by atoms with Gasteiger partial charge < -0.3 is 0 Å². The highest BCUT2D eigenvalue weighted by molar-refractivity contribution is 7.95. The van der Waals surface area contributed by atoms with Gasteiger partial charge in [-0.05, 0) is 54.1 Å². The maximum absolute atomic E-state index is 10.2. The molecule has 0 heterocycles. The van der Waals surface area contributed by atoms with Gasteiger partial charge in [-0.2, -0.15) is 5.26 Å². The average Bonchev–Trinajstić information content (AvgIpc) is 2.99. The van der Waals surface area contributed by atoms with Gasteiger partial charge >= 0.3 is 0 Å². The predicted octanol–water partition coefficient (Wildman–Crippen LogP) is 7.26. The molecule has 0 aliphatic carbocycles. The molecule has 0 aliphatic rings. The van der Waals surface area contributed by atoms with Crippen LogP contribution in [0.25, 0.3) is 5.57 Å². The first kappa shape index (κ1) is 26.8. The van der Waals surface area contributed by atoms with Crippen LogP contribution in [0.15, 0.2) is 146 Å². The third kappa shape index (κ3) is 6.36. The predicted molar refractivity (Wildman–Crippen MR) is 161 cm³/mol. The molecule has 0 amide bonds. The van der Waals surface area contributed by atoms with Crippen molar-refractivity contribution in [1.82, 2.24) is 0 Å². The van der Waals surface area contributed by atoms with Gasteiger partial charge in [0.05, 0.1) is 6.16 Å². The second kappa shape index (κ2) is 13.3. The molecule has 0 atom stereocenters. The molecular weight excluding hydrogens is 505 g/mol. The number of nitrogens with zero attached hydrogens (tertiary/aromatic N) is 1. The van der Waals surface area contributed by atoms with E-state index < -0.39 is 7.26 Å². The van der Waals surface area contributed by atoms with E-state index >= 15 is 0 Å². The molecule has 0 saturated carbocycles. The van der Waals surface area contributed by atoms with Gasteiger partial charge in [-0.15, -0.1) is 0 Å². The Hall–Kier alpha value is -4.24. The highest BCUT2D eigenvalue weighted by Crippen LogP contribution is 2.58. The van der Waals surface area contributed by atoms with Crippen molar-refractivity contribution < 1.29 is 4.79 Å². The van der Waals surface area contributed by atoms with Gasteiger partial charge in [0.15, 0.2) is 0 Å². The third-order valence-corrected chi connectivity index (χ3v) is 10.8. The standard InChI is InChI=1S/C25H22P.C9H4ClNO/c1-5-13-22(14-6-1)21-26(23-15-7-2-8-16-23,24-17-9-3-10-18-24)25-19-11-4-12-20-25;10-9-3-1-2-7(4-9)8(5-11)6-12/h1-20H,21H2;1-4H/q+1;. The molecule has 0 radical (unpaired) electrons. The lowest BCUT2D eigenvalue weighted by Gasteiger charge is -2.27. The molecule has 184 valence electrons. The van der Waals surface area contributed by atoms with Gasteiger partial charge in [0, 0.05) is 10.6 Å². The van der Waals surface area contributed by atoms with Crippen molar-refractivity contribution >= 4 is 46.3 Å². The monoisotopic (exact) mass is 530 g/mol. The first-order valence-electron chi connectivity index (χ1n) is 12.2. The quantitative estimate of drug-likeness (QED) is 0.132. The van der Waals surface area contributed by atoms with Crippen LogP contribution in [0, 0.1) is 11.3 Å². The van der Waals surface area contributed by atoms with E-state index in [1.165, 1.54) is 21.5 Å². The molecule has 5 aromatic carbocycles. The number of benzene rings is 5. The van der Waals surface area contributed by atoms with Crippen LogP contribution >= 0.6 is 18.9 Å². The van der Waals surface area contributed by atoms with Gasteiger partial charge in [-0.1, -0.05) is 109 Å². The van der Waals surface area contributed by atoms with Gasteiger partial charge in [0.25, 0.3) is 0 Å². The Labute approximate surface area is 229 Å². The maximum atomic E-state index is 10.2. The zero-order valence-electron chi connectivity index (χ0n) is 20.7. The number of hydrogen-bond donors (Lipinski definition) is 0. The van der Waals surface area contributed by atoms with Crippen LogP contribution in [0.5, 0.6) is 0 Å². The number of halogens is 1. The highest BCUT2D eigenvalue weighted by Gasteiger charge is 2.45. The number of hydrogen-bond acceptors (Lipinski definition) is 2. The summed E-state index contributed by atoms with van der Waals surface area (Å²) < 4.78 is 0. The summed E-state index contributed by atoms with van der Waals surface area (Å²) in [6.45, 7) is 0. The smallest absolute Gasteiger partial charge is 0.144 e. The molecule has 0 bridgehead atoms. The molecule has 0 fully saturated rings. The van der Waals surface area contributed by atoms with E-state index in [4.69, 9.17) is 16.9 Å². The van der Waals surface area contributed by atoms with Crippen molar-refractivity contribution in [1.29, 1.82) is 5.26 Å². The molecule has 0 unspecified atom stereocenters. The van der Waals surface area contributed by atoms with Gasteiger partial charge in [-0.3, -0.25) is 0 Å². The van der Waals surface area contributed by atoms with Crippen LogP contribution in [0.2, 0.25) is 5.02 Å². The van der Waals surface area contributed by atoms with Crippen molar-refractivity contribution in [3.8, 4) is 6.07 Å². The van der Waals surface area contributed by atoms with Crippen LogP contribution in [0.4, 0.5) is 0 Å². The lowest BCUT2D eigenvalue weighted by Crippen LogP contribution is -2.32. The van der Waals surface area contributed by atoms with Crippen LogP contribution in [0.3, 0.4) is 0 Å². The van der Waals surface area contributed by atoms with E-state index in [1.54, 1.807) is 36.3 Å². The minimum atomic E-state index is -1.78. The van der Waals surface area contributed by atoms with E-state index in [2.05, 4.69) is 121 Å². The summed E-state index contributed by atoms with van der Waals surface area (Å²) in [6, 6.07) is 52.3. The normalized spacial score (nSPS) is 10.3. The molecule has 5 aromatic rings. The number of rotatable bonds is 6. The lowest BCUT2D eigenvalue weighted by atomic mass is 10.1. The minimum Gasteiger partial charge on any atom is -0.232 e. The number of nitriles is 1. The van der Waals surface area contributed by atoms with Gasteiger partial charge in [-0.25, -0.2) is 4.79 Å². The average molecular weight is 531 g/mol.